The Balaban J connectivity index is 2.88. The Morgan fingerprint density at radius 3 is 2.04 bits per heavy atom. The van der Waals surface area contributed by atoms with Crippen molar-refractivity contribution in [3.63, 3.8) is 0 Å². The largest absolute Gasteiger partial charge is 0.465 e. The van der Waals surface area contributed by atoms with E-state index in [4.69, 9.17) is 9.47 Å². The predicted octanol–water partition coefficient (Wildman–Crippen LogP) is 2.01. The smallest absolute Gasteiger partial charge is 0.320 e. The molecular formula is C16H21NO6. The van der Waals surface area contributed by atoms with Gasteiger partial charge in [-0.3, -0.25) is 19.7 Å². The van der Waals surface area contributed by atoms with Crippen LogP contribution in [0.4, 0.5) is 0 Å². The summed E-state index contributed by atoms with van der Waals surface area (Å²) >= 11 is 0. The highest BCUT2D eigenvalue weighted by atomic mass is 16.6. The highest BCUT2D eigenvalue weighted by Gasteiger charge is 2.36. The summed E-state index contributed by atoms with van der Waals surface area (Å²) in [5.74, 6) is -2.86. The average molecular weight is 323 g/mol. The summed E-state index contributed by atoms with van der Waals surface area (Å²) in [4.78, 5) is 34.7. The predicted molar refractivity (Wildman–Crippen MR) is 82.3 cm³/mol. The molecule has 0 radical (unpaired) electrons. The minimum Gasteiger partial charge on any atom is -0.465 e. The zero-order valence-corrected chi connectivity index (χ0v) is 13.3. The highest BCUT2D eigenvalue weighted by molar-refractivity contribution is 5.94. The first kappa shape index (κ1) is 18.6. The van der Waals surface area contributed by atoms with Crippen molar-refractivity contribution >= 4 is 11.9 Å². The SMILES string of the molecule is CCOC(=O)C(C[C@@H](Cc1ccccc1)[N+](=O)[O-])C(=O)OCC. The summed E-state index contributed by atoms with van der Waals surface area (Å²) < 4.78 is 9.68. The summed E-state index contributed by atoms with van der Waals surface area (Å²) in [5.41, 5.74) is 0.765. The van der Waals surface area contributed by atoms with Gasteiger partial charge in [-0.1, -0.05) is 30.3 Å². The van der Waals surface area contributed by atoms with Crippen LogP contribution in [-0.2, 0) is 25.5 Å². The molecule has 0 saturated carbocycles. The third-order valence-electron chi connectivity index (χ3n) is 3.26. The number of nitro groups is 1. The van der Waals surface area contributed by atoms with Crippen LogP contribution in [-0.4, -0.2) is 36.1 Å². The van der Waals surface area contributed by atoms with Gasteiger partial charge >= 0.3 is 11.9 Å². The zero-order valence-electron chi connectivity index (χ0n) is 13.3. The van der Waals surface area contributed by atoms with Crippen LogP contribution in [0.3, 0.4) is 0 Å². The molecular weight excluding hydrogens is 302 g/mol. The summed E-state index contributed by atoms with van der Waals surface area (Å²) in [5, 5.41) is 11.3. The number of hydrogen-bond acceptors (Lipinski definition) is 6. The van der Waals surface area contributed by atoms with Crippen molar-refractivity contribution < 1.29 is 24.0 Å². The van der Waals surface area contributed by atoms with Crippen LogP contribution >= 0.6 is 0 Å². The Labute approximate surface area is 134 Å². The lowest BCUT2D eigenvalue weighted by Crippen LogP contribution is -2.35. The van der Waals surface area contributed by atoms with E-state index in [9.17, 15) is 19.7 Å². The van der Waals surface area contributed by atoms with Crippen molar-refractivity contribution in [2.24, 2.45) is 5.92 Å². The fourth-order valence-corrected chi connectivity index (χ4v) is 2.18. The van der Waals surface area contributed by atoms with E-state index < -0.39 is 28.8 Å². The zero-order chi connectivity index (χ0) is 17.2. The normalized spacial score (nSPS) is 11.8. The third kappa shape index (κ3) is 6.06. The van der Waals surface area contributed by atoms with E-state index in [1.165, 1.54) is 0 Å². The van der Waals surface area contributed by atoms with Gasteiger partial charge in [-0.2, -0.15) is 0 Å². The molecule has 1 aromatic rings. The second-order valence-electron chi connectivity index (χ2n) is 4.92. The van der Waals surface area contributed by atoms with E-state index in [-0.39, 0.29) is 26.1 Å². The van der Waals surface area contributed by atoms with Crippen molar-refractivity contribution in [1.82, 2.24) is 0 Å². The van der Waals surface area contributed by atoms with Crippen molar-refractivity contribution in [1.29, 1.82) is 0 Å². The molecule has 0 aromatic heterocycles. The van der Waals surface area contributed by atoms with Gasteiger partial charge in [0.15, 0.2) is 5.92 Å². The van der Waals surface area contributed by atoms with Crippen LogP contribution in [0.25, 0.3) is 0 Å². The number of hydrogen-bond donors (Lipinski definition) is 0. The van der Waals surface area contributed by atoms with Gasteiger partial charge in [0.25, 0.3) is 0 Å². The average Bonchev–Trinajstić information content (AvgIpc) is 2.52. The lowest BCUT2D eigenvalue weighted by atomic mass is 9.95. The van der Waals surface area contributed by atoms with Gasteiger partial charge in [-0.05, 0) is 19.4 Å². The van der Waals surface area contributed by atoms with E-state index in [0.717, 1.165) is 5.56 Å². The van der Waals surface area contributed by atoms with Gasteiger partial charge in [-0.15, -0.1) is 0 Å². The molecule has 0 heterocycles. The third-order valence-corrected chi connectivity index (χ3v) is 3.26. The number of carbonyl (C=O) groups is 2. The summed E-state index contributed by atoms with van der Waals surface area (Å²) in [6.45, 7) is 3.40. The molecule has 0 aliphatic rings. The topological polar surface area (TPSA) is 95.7 Å². The molecule has 0 unspecified atom stereocenters. The van der Waals surface area contributed by atoms with Crippen molar-refractivity contribution in [3.05, 3.63) is 46.0 Å². The number of rotatable bonds is 9. The van der Waals surface area contributed by atoms with E-state index in [2.05, 4.69) is 0 Å². The number of ether oxygens (including phenoxy) is 2. The van der Waals surface area contributed by atoms with Crippen LogP contribution in [0.5, 0.6) is 0 Å². The molecule has 7 nitrogen and oxygen atoms in total. The number of nitrogens with zero attached hydrogens (tertiary/aromatic N) is 1. The molecule has 0 bridgehead atoms. The number of carbonyl (C=O) groups excluding carboxylic acids is 2. The van der Waals surface area contributed by atoms with E-state index >= 15 is 0 Å². The molecule has 1 atom stereocenters. The van der Waals surface area contributed by atoms with Gasteiger partial charge in [0, 0.05) is 17.8 Å². The van der Waals surface area contributed by atoms with Crippen LogP contribution in [0, 0.1) is 16.0 Å². The molecule has 0 amide bonds. The first-order valence-corrected chi connectivity index (χ1v) is 7.50. The van der Waals surface area contributed by atoms with Gasteiger partial charge in [0.1, 0.15) is 0 Å². The fourth-order valence-electron chi connectivity index (χ4n) is 2.18. The van der Waals surface area contributed by atoms with Crippen LogP contribution in [0.2, 0.25) is 0 Å². The molecule has 126 valence electrons. The van der Waals surface area contributed by atoms with Gasteiger partial charge in [-0.25, -0.2) is 0 Å². The minimum absolute atomic E-state index is 0.0938. The number of esters is 2. The maximum Gasteiger partial charge on any atom is 0.320 e. The molecule has 0 spiro atoms. The Morgan fingerprint density at radius 1 is 1.09 bits per heavy atom. The Morgan fingerprint density at radius 2 is 1.61 bits per heavy atom. The van der Waals surface area contributed by atoms with Crippen molar-refractivity contribution in [2.45, 2.75) is 32.7 Å². The molecule has 0 fully saturated rings. The first-order valence-electron chi connectivity index (χ1n) is 7.50. The van der Waals surface area contributed by atoms with Crippen LogP contribution in [0.15, 0.2) is 30.3 Å². The van der Waals surface area contributed by atoms with E-state index in [0.29, 0.717) is 0 Å². The Kier molecular flexibility index (Phi) is 7.73. The lowest BCUT2D eigenvalue weighted by Gasteiger charge is -2.16. The molecule has 0 N–H and O–H groups in total. The Bertz CT molecular complexity index is 513. The second kappa shape index (κ2) is 9.55. The second-order valence-corrected chi connectivity index (χ2v) is 4.92. The molecule has 1 aromatic carbocycles. The monoisotopic (exact) mass is 323 g/mol. The summed E-state index contributed by atoms with van der Waals surface area (Å²) in [6.07, 6.45) is -0.122. The van der Waals surface area contributed by atoms with Crippen molar-refractivity contribution in [3.8, 4) is 0 Å². The fraction of sp³-hybridized carbons (Fsp3) is 0.500. The standard InChI is InChI=1S/C16H21NO6/c1-3-22-15(18)14(16(19)23-4-2)11-13(17(20)21)10-12-8-6-5-7-9-12/h5-9,13-14H,3-4,10-11H2,1-2H3/t13-/m1/s1. The molecule has 0 aliphatic heterocycles. The maximum absolute atomic E-state index is 11.9. The highest BCUT2D eigenvalue weighted by Crippen LogP contribution is 2.17. The Hall–Kier alpha value is -2.44. The van der Waals surface area contributed by atoms with Crippen molar-refractivity contribution in [2.75, 3.05) is 13.2 Å². The summed E-state index contributed by atoms with van der Waals surface area (Å²) in [7, 11) is 0. The van der Waals surface area contributed by atoms with Crippen LogP contribution in [0.1, 0.15) is 25.8 Å². The first-order chi connectivity index (χ1) is 11.0. The van der Waals surface area contributed by atoms with Gasteiger partial charge in [0.2, 0.25) is 6.04 Å². The maximum atomic E-state index is 11.9. The molecule has 0 saturated heterocycles. The molecule has 0 aliphatic carbocycles. The van der Waals surface area contributed by atoms with E-state index in [1.807, 2.05) is 6.07 Å². The molecule has 23 heavy (non-hydrogen) atoms. The van der Waals surface area contributed by atoms with E-state index in [1.54, 1.807) is 38.1 Å². The van der Waals surface area contributed by atoms with Gasteiger partial charge < -0.3 is 9.47 Å². The molecule has 1 rings (SSSR count). The minimum atomic E-state index is -1.28. The summed E-state index contributed by atoms with van der Waals surface area (Å²) in [6, 6.07) is 7.82. The number of benzene rings is 1. The molecule has 7 heteroatoms. The quantitative estimate of drug-likeness (QED) is 0.298. The van der Waals surface area contributed by atoms with Gasteiger partial charge in [0.05, 0.1) is 13.2 Å². The lowest BCUT2D eigenvalue weighted by molar-refractivity contribution is -0.523. The van der Waals surface area contributed by atoms with Crippen LogP contribution < -0.4 is 0 Å².